The second-order valence-electron chi connectivity index (χ2n) is 8.54. The Balaban J connectivity index is 0.00000105. The third kappa shape index (κ3) is 3.15. The van der Waals surface area contributed by atoms with Gasteiger partial charge in [-0.3, -0.25) is 0 Å². The minimum absolute atomic E-state index is 0. The van der Waals surface area contributed by atoms with Crippen LogP contribution in [0.4, 0.5) is 0 Å². The van der Waals surface area contributed by atoms with Crippen molar-refractivity contribution in [2.45, 2.75) is 43.2 Å². The van der Waals surface area contributed by atoms with Gasteiger partial charge in [-0.2, -0.15) is 0 Å². The van der Waals surface area contributed by atoms with Crippen LogP contribution < -0.4 is 24.8 Å². The molecule has 5 rings (SSSR count). The van der Waals surface area contributed by atoms with Gasteiger partial charge in [-0.25, -0.2) is 0 Å². The Morgan fingerprint density at radius 2 is 1.00 bits per heavy atom. The maximum absolute atomic E-state index is 2.58. The fourth-order valence-electron chi connectivity index (χ4n) is 5.12. The molecule has 2 aromatic carbocycles. The largest absolute Gasteiger partial charge is 1.00 e. The molecule has 2 unspecified atom stereocenters. The molecule has 3 aliphatic rings. The maximum atomic E-state index is 2.58. The summed E-state index contributed by atoms with van der Waals surface area (Å²) in [5, 5.41) is 0. The summed E-state index contributed by atoms with van der Waals surface area (Å²) in [6, 6.07) is 9.84. The molecule has 0 nitrogen and oxygen atoms in total. The quantitative estimate of drug-likeness (QED) is 0.601. The fraction of sp³-hybridized carbons (Fsp3) is 0.333. The van der Waals surface area contributed by atoms with E-state index in [0.29, 0.717) is 0 Å². The Hall–Kier alpha value is -0.617. The molecule has 2 atom stereocenters. The first kappa shape index (κ1) is 21.1. The summed E-state index contributed by atoms with van der Waals surface area (Å²) in [5.74, 6) is 0. The predicted molar refractivity (Wildman–Crippen MR) is 105 cm³/mol. The molecular formula is C24H26Cl2Zr. The van der Waals surface area contributed by atoms with Crippen LogP contribution in [-0.4, -0.2) is 0 Å². The number of aryl methyl sites for hydroxylation is 4. The molecule has 3 heteroatoms. The van der Waals surface area contributed by atoms with E-state index in [2.05, 4.69) is 76.3 Å². The Bertz CT molecular complexity index is 891. The van der Waals surface area contributed by atoms with Crippen LogP contribution in [0, 0.1) is 27.7 Å². The minimum atomic E-state index is -2.23. The van der Waals surface area contributed by atoms with Crippen molar-refractivity contribution in [3.8, 4) is 0 Å². The van der Waals surface area contributed by atoms with Gasteiger partial charge in [0.15, 0.2) is 0 Å². The van der Waals surface area contributed by atoms with E-state index >= 15 is 0 Å². The molecule has 1 saturated heterocycles. The van der Waals surface area contributed by atoms with Crippen LogP contribution in [0.25, 0.3) is 12.2 Å². The number of hydrogen-bond acceptors (Lipinski definition) is 0. The van der Waals surface area contributed by atoms with Crippen molar-refractivity contribution < 1.29 is 45.1 Å². The van der Waals surface area contributed by atoms with Gasteiger partial charge >= 0.3 is 157 Å². The summed E-state index contributed by atoms with van der Waals surface area (Å²) >= 11 is -2.23. The van der Waals surface area contributed by atoms with Gasteiger partial charge in [0.25, 0.3) is 0 Å². The van der Waals surface area contributed by atoms with Crippen LogP contribution in [0.15, 0.2) is 36.4 Å². The number of allylic oxidation sites excluding steroid dienone is 2. The van der Waals surface area contributed by atoms with Crippen molar-refractivity contribution in [1.82, 2.24) is 0 Å². The molecule has 2 aromatic rings. The molecule has 0 amide bonds. The first-order valence-corrected chi connectivity index (χ1v) is 15.9. The van der Waals surface area contributed by atoms with Crippen LogP contribution in [0.3, 0.4) is 0 Å². The van der Waals surface area contributed by atoms with Gasteiger partial charge in [-0.1, -0.05) is 0 Å². The Morgan fingerprint density at radius 3 is 1.37 bits per heavy atom. The first-order valence-electron chi connectivity index (χ1n) is 9.58. The van der Waals surface area contributed by atoms with Crippen LogP contribution >= 0.6 is 0 Å². The number of benzene rings is 2. The first-order chi connectivity index (χ1) is 12.0. The number of rotatable bonds is 2. The van der Waals surface area contributed by atoms with Crippen molar-refractivity contribution in [3.63, 3.8) is 0 Å². The van der Waals surface area contributed by atoms with Gasteiger partial charge in [-0.15, -0.1) is 0 Å². The molecule has 2 aliphatic carbocycles. The van der Waals surface area contributed by atoms with E-state index in [4.69, 9.17) is 0 Å². The Kier molecular flexibility index (Phi) is 5.73. The summed E-state index contributed by atoms with van der Waals surface area (Å²) in [6.45, 7) is 9.04. The SMILES string of the molecule is Cc1cc2c(cc1C)[CH]([Zr+2]1([CH]3C=Cc4cc(C)c(C)cc43)[CH2][CH2]1)C=C2.[Cl-].[Cl-]. The molecule has 0 bridgehead atoms. The standard InChI is InChI=1S/2C11H11.C2H4.2ClH.Zr/c2*1-8-6-10-4-3-5-11(10)7-9(8)2;1-2;;;/h2*3-7H,1-2H3;1-2H2;2*1H;/q;;;;;+2/p-2. The third-order valence-electron chi connectivity index (χ3n) is 7.07. The molecule has 0 spiro atoms. The van der Waals surface area contributed by atoms with Crippen LogP contribution in [0.5, 0.6) is 0 Å². The summed E-state index contributed by atoms with van der Waals surface area (Å²) in [5.41, 5.74) is 12.1. The average Bonchev–Trinajstić information content (AvgIpc) is 3.11. The van der Waals surface area contributed by atoms with E-state index in [0.717, 1.165) is 7.25 Å². The molecule has 1 fully saturated rings. The van der Waals surface area contributed by atoms with Crippen molar-refractivity contribution in [2.75, 3.05) is 0 Å². The smallest absolute Gasteiger partial charge is 1.00 e. The molecule has 1 heterocycles. The number of halogens is 2. The molecule has 27 heavy (non-hydrogen) atoms. The monoisotopic (exact) mass is 474 g/mol. The number of fused-ring (bicyclic) bond motifs is 2. The third-order valence-corrected chi connectivity index (χ3v) is 19.7. The Labute approximate surface area is 180 Å². The van der Waals surface area contributed by atoms with E-state index in [1.807, 2.05) is 0 Å². The normalized spacial score (nSPS) is 21.5. The average molecular weight is 477 g/mol. The van der Waals surface area contributed by atoms with E-state index in [-0.39, 0.29) is 24.8 Å². The number of hydrogen-bond donors (Lipinski definition) is 0. The van der Waals surface area contributed by atoms with E-state index in [1.165, 1.54) is 33.4 Å². The summed E-state index contributed by atoms with van der Waals surface area (Å²) in [6.07, 6.45) is 10.0. The van der Waals surface area contributed by atoms with Gasteiger partial charge < -0.3 is 24.8 Å². The molecule has 140 valence electrons. The minimum Gasteiger partial charge on any atom is -1.00 e. The van der Waals surface area contributed by atoms with Crippen molar-refractivity contribution in [3.05, 3.63) is 80.9 Å². The second-order valence-corrected chi connectivity index (χ2v) is 20.1. The summed E-state index contributed by atoms with van der Waals surface area (Å²) in [7, 11) is 0. The van der Waals surface area contributed by atoms with E-state index in [9.17, 15) is 0 Å². The van der Waals surface area contributed by atoms with Gasteiger partial charge in [0.2, 0.25) is 0 Å². The van der Waals surface area contributed by atoms with Gasteiger partial charge in [0, 0.05) is 0 Å². The predicted octanol–water partition coefficient (Wildman–Crippen LogP) is 0.768. The van der Waals surface area contributed by atoms with Crippen LogP contribution in [-0.2, 0) is 20.3 Å². The zero-order chi connectivity index (χ0) is 17.3. The molecule has 0 saturated carbocycles. The van der Waals surface area contributed by atoms with E-state index < -0.39 is 20.3 Å². The van der Waals surface area contributed by atoms with Gasteiger partial charge in [0.1, 0.15) is 0 Å². The summed E-state index contributed by atoms with van der Waals surface area (Å²) < 4.78 is 4.67. The molecule has 0 aromatic heterocycles. The van der Waals surface area contributed by atoms with Crippen molar-refractivity contribution in [1.29, 1.82) is 0 Å². The van der Waals surface area contributed by atoms with Crippen LogP contribution in [0.2, 0.25) is 8.26 Å². The van der Waals surface area contributed by atoms with Gasteiger partial charge in [0.05, 0.1) is 0 Å². The van der Waals surface area contributed by atoms with Crippen molar-refractivity contribution >= 4 is 12.2 Å². The Morgan fingerprint density at radius 1 is 0.630 bits per heavy atom. The second kappa shape index (κ2) is 7.33. The topological polar surface area (TPSA) is 0 Å². The molecular weight excluding hydrogens is 450 g/mol. The molecule has 0 N–H and O–H groups in total. The summed E-state index contributed by atoms with van der Waals surface area (Å²) in [4.78, 5) is 0. The van der Waals surface area contributed by atoms with Crippen molar-refractivity contribution in [2.24, 2.45) is 0 Å². The maximum Gasteiger partial charge on any atom is -1.00 e. The van der Waals surface area contributed by atoms with Gasteiger partial charge in [-0.05, 0) is 0 Å². The van der Waals surface area contributed by atoms with Crippen LogP contribution in [0.1, 0.15) is 51.8 Å². The zero-order valence-corrected chi connectivity index (χ0v) is 20.4. The molecule has 0 radical (unpaired) electrons. The zero-order valence-electron chi connectivity index (χ0n) is 16.4. The van der Waals surface area contributed by atoms with E-state index in [1.54, 1.807) is 19.4 Å². The molecule has 1 aliphatic heterocycles. The fourth-order valence-corrected chi connectivity index (χ4v) is 20.7.